The van der Waals surface area contributed by atoms with Crippen molar-refractivity contribution in [2.45, 2.75) is 25.8 Å². The summed E-state index contributed by atoms with van der Waals surface area (Å²) in [7, 11) is 4.61. The normalized spacial score (nSPS) is 14.7. The van der Waals surface area contributed by atoms with Crippen molar-refractivity contribution in [3.63, 3.8) is 0 Å². The number of aromatic nitrogens is 2. The van der Waals surface area contributed by atoms with Crippen molar-refractivity contribution in [3.8, 4) is 17.2 Å². The van der Waals surface area contributed by atoms with Gasteiger partial charge in [-0.25, -0.2) is 4.98 Å². The van der Waals surface area contributed by atoms with Crippen molar-refractivity contribution in [2.24, 2.45) is 0 Å². The molecule has 1 saturated heterocycles. The van der Waals surface area contributed by atoms with E-state index in [9.17, 15) is 4.79 Å². The molecular formula is C23H27N3O4. The van der Waals surface area contributed by atoms with Crippen LogP contribution in [0.2, 0.25) is 0 Å². The fraction of sp³-hybridized carbons (Fsp3) is 0.391. The van der Waals surface area contributed by atoms with Crippen LogP contribution in [-0.2, 0) is 0 Å². The lowest BCUT2D eigenvalue weighted by atomic mass is 10.0. The molecule has 0 N–H and O–H groups in total. The van der Waals surface area contributed by atoms with Gasteiger partial charge in [-0.1, -0.05) is 12.1 Å². The Morgan fingerprint density at radius 2 is 1.73 bits per heavy atom. The minimum Gasteiger partial charge on any atom is -0.493 e. The summed E-state index contributed by atoms with van der Waals surface area (Å²) in [6.07, 6.45) is 3.39. The predicted molar refractivity (Wildman–Crippen MR) is 117 cm³/mol. The molecule has 0 saturated carbocycles. The molecule has 1 fully saturated rings. The van der Waals surface area contributed by atoms with E-state index in [1.165, 1.54) is 25.5 Å². The second-order valence-electron chi connectivity index (χ2n) is 7.56. The molecular weight excluding hydrogens is 382 g/mol. The molecule has 2 aromatic carbocycles. The number of benzene rings is 2. The molecule has 1 aliphatic rings. The minimum absolute atomic E-state index is 0.0896. The number of ether oxygens (including phenoxy) is 3. The van der Waals surface area contributed by atoms with Gasteiger partial charge >= 0.3 is 0 Å². The van der Waals surface area contributed by atoms with Crippen LogP contribution in [0.4, 0.5) is 5.69 Å². The topological polar surface area (TPSA) is 65.8 Å². The first-order valence-electron chi connectivity index (χ1n) is 10.1. The van der Waals surface area contributed by atoms with Gasteiger partial charge in [-0.3, -0.25) is 9.36 Å². The van der Waals surface area contributed by atoms with E-state index in [1.54, 1.807) is 24.1 Å². The third kappa shape index (κ3) is 3.44. The minimum atomic E-state index is -0.0896. The summed E-state index contributed by atoms with van der Waals surface area (Å²) in [4.78, 5) is 20.2. The molecule has 4 rings (SSSR count). The first-order valence-corrected chi connectivity index (χ1v) is 10.1. The van der Waals surface area contributed by atoms with E-state index in [-0.39, 0.29) is 11.6 Å². The van der Waals surface area contributed by atoms with Crippen molar-refractivity contribution in [3.05, 3.63) is 52.6 Å². The predicted octanol–water partition coefficient (Wildman–Crippen LogP) is 3.57. The van der Waals surface area contributed by atoms with Gasteiger partial charge in [0.15, 0.2) is 11.5 Å². The maximum absolute atomic E-state index is 13.3. The van der Waals surface area contributed by atoms with Gasteiger partial charge in [-0.2, -0.15) is 0 Å². The molecule has 0 unspecified atom stereocenters. The Balaban J connectivity index is 1.66. The number of methoxy groups -OCH3 is 3. The van der Waals surface area contributed by atoms with Crippen molar-refractivity contribution in [2.75, 3.05) is 39.3 Å². The van der Waals surface area contributed by atoms with Crippen LogP contribution in [-0.4, -0.2) is 44.0 Å². The molecule has 30 heavy (non-hydrogen) atoms. The Morgan fingerprint density at radius 1 is 1.00 bits per heavy atom. The molecule has 0 amide bonds. The van der Waals surface area contributed by atoms with Crippen LogP contribution in [0.15, 0.2) is 41.5 Å². The molecule has 0 bridgehead atoms. The van der Waals surface area contributed by atoms with E-state index < -0.39 is 0 Å². The van der Waals surface area contributed by atoms with Crippen molar-refractivity contribution < 1.29 is 14.2 Å². The quantitative estimate of drug-likeness (QED) is 0.642. The van der Waals surface area contributed by atoms with Crippen LogP contribution in [0.5, 0.6) is 17.2 Å². The zero-order valence-electron chi connectivity index (χ0n) is 17.8. The number of fused-ring (bicyclic) bond motifs is 1. The first-order chi connectivity index (χ1) is 14.6. The van der Waals surface area contributed by atoms with Crippen LogP contribution in [0.1, 0.15) is 24.4 Å². The third-order valence-corrected chi connectivity index (χ3v) is 5.80. The highest BCUT2D eigenvalue weighted by atomic mass is 16.5. The fourth-order valence-corrected chi connectivity index (χ4v) is 4.23. The molecule has 158 valence electrons. The number of aryl methyl sites for hydroxylation is 1. The average Bonchev–Trinajstić information content (AvgIpc) is 2.78. The molecule has 1 aromatic heterocycles. The van der Waals surface area contributed by atoms with E-state index in [1.807, 2.05) is 0 Å². The molecule has 0 spiro atoms. The molecule has 0 radical (unpaired) electrons. The van der Waals surface area contributed by atoms with Crippen molar-refractivity contribution >= 4 is 16.6 Å². The SMILES string of the molecule is COc1cc2c(=O)n(C3CCN(c4cccc(C)c4)CC3)cnc2c(OC)c1OC. The summed E-state index contributed by atoms with van der Waals surface area (Å²) in [5.74, 6) is 1.29. The van der Waals surface area contributed by atoms with Crippen LogP contribution in [0, 0.1) is 6.92 Å². The number of nitrogens with zero attached hydrogens (tertiary/aromatic N) is 3. The summed E-state index contributed by atoms with van der Waals surface area (Å²) in [6, 6.07) is 10.3. The van der Waals surface area contributed by atoms with Crippen LogP contribution in [0.25, 0.3) is 10.9 Å². The summed E-state index contributed by atoms with van der Waals surface area (Å²) in [5, 5.41) is 0.466. The van der Waals surface area contributed by atoms with Crippen molar-refractivity contribution in [1.82, 2.24) is 9.55 Å². The number of rotatable bonds is 5. The first kappa shape index (κ1) is 20.1. The molecule has 0 atom stereocenters. The Labute approximate surface area is 175 Å². The number of anilines is 1. The highest BCUT2D eigenvalue weighted by molar-refractivity contribution is 5.89. The number of piperidine rings is 1. The Hall–Kier alpha value is -3.22. The Morgan fingerprint density at radius 3 is 2.37 bits per heavy atom. The van der Waals surface area contributed by atoms with Gasteiger partial charge in [0.25, 0.3) is 5.56 Å². The largest absolute Gasteiger partial charge is 0.493 e. The van der Waals surface area contributed by atoms with Gasteiger partial charge in [0.2, 0.25) is 5.75 Å². The monoisotopic (exact) mass is 409 g/mol. The Bertz CT molecular complexity index is 1120. The maximum atomic E-state index is 13.3. The van der Waals surface area contributed by atoms with E-state index >= 15 is 0 Å². The maximum Gasteiger partial charge on any atom is 0.261 e. The second-order valence-corrected chi connectivity index (χ2v) is 7.56. The summed E-state index contributed by atoms with van der Waals surface area (Å²) < 4.78 is 18.1. The molecule has 2 heterocycles. The standard InChI is InChI=1S/C23H27N3O4/c1-15-6-5-7-17(12-15)25-10-8-16(9-11-25)26-14-24-20-18(23(26)27)13-19(28-2)21(29-3)22(20)30-4/h5-7,12-14,16H,8-11H2,1-4H3. The average molecular weight is 409 g/mol. The van der Waals surface area contributed by atoms with Gasteiger partial charge in [0, 0.05) is 24.8 Å². The van der Waals surface area contributed by atoms with E-state index in [0.717, 1.165) is 25.9 Å². The van der Waals surface area contributed by atoms with Gasteiger partial charge in [-0.15, -0.1) is 0 Å². The second kappa shape index (κ2) is 8.26. The fourth-order valence-electron chi connectivity index (χ4n) is 4.23. The van der Waals surface area contributed by atoms with Gasteiger partial charge in [0.05, 0.1) is 33.0 Å². The smallest absolute Gasteiger partial charge is 0.261 e. The van der Waals surface area contributed by atoms with Crippen LogP contribution in [0.3, 0.4) is 0 Å². The van der Waals surface area contributed by atoms with Crippen LogP contribution >= 0.6 is 0 Å². The van der Waals surface area contributed by atoms with Gasteiger partial charge < -0.3 is 19.1 Å². The van der Waals surface area contributed by atoms with E-state index in [2.05, 4.69) is 41.1 Å². The van der Waals surface area contributed by atoms with Crippen molar-refractivity contribution in [1.29, 1.82) is 0 Å². The number of hydrogen-bond donors (Lipinski definition) is 0. The lowest BCUT2D eigenvalue weighted by molar-refractivity contribution is 0.326. The lowest BCUT2D eigenvalue weighted by Crippen LogP contribution is -2.37. The zero-order chi connectivity index (χ0) is 21.3. The molecule has 0 aliphatic carbocycles. The molecule has 7 nitrogen and oxygen atoms in total. The highest BCUT2D eigenvalue weighted by Crippen LogP contribution is 2.41. The zero-order valence-corrected chi connectivity index (χ0v) is 17.8. The summed E-state index contributed by atoms with van der Waals surface area (Å²) >= 11 is 0. The molecule has 7 heteroatoms. The van der Waals surface area contributed by atoms with Gasteiger partial charge in [-0.05, 0) is 43.5 Å². The molecule has 3 aromatic rings. The number of hydrogen-bond acceptors (Lipinski definition) is 6. The summed E-state index contributed by atoms with van der Waals surface area (Å²) in [5.41, 5.74) is 2.88. The third-order valence-electron chi connectivity index (χ3n) is 5.80. The van der Waals surface area contributed by atoms with E-state index in [0.29, 0.717) is 28.2 Å². The Kier molecular flexibility index (Phi) is 5.53. The highest BCUT2D eigenvalue weighted by Gasteiger charge is 2.24. The van der Waals surface area contributed by atoms with Crippen LogP contribution < -0.4 is 24.7 Å². The molecule has 1 aliphatic heterocycles. The lowest BCUT2D eigenvalue weighted by Gasteiger charge is -2.34. The summed E-state index contributed by atoms with van der Waals surface area (Å²) in [6.45, 7) is 3.90. The van der Waals surface area contributed by atoms with E-state index in [4.69, 9.17) is 14.2 Å². The van der Waals surface area contributed by atoms with Gasteiger partial charge in [0.1, 0.15) is 5.52 Å².